The number of rotatable bonds is 45. The highest BCUT2D eigenvalue weighted by molar-refractivity contribution is 5.69. The van der Waals surface area contributed by atoms with Crippen molar-refractivity contribution in [3.05, 3.63) is 122 Å². The Kier molecular flexibility index (Phi) is 43.6. The summed E-state index contributed by atoms with van der Waals surface area (Å²) in [6, 6.07) is 0. The minimum Gasteiger partial charge on any atom is -0.457 e. The van der Waals surface area contributed by atoms with E-state index in [4.69, 9.17) is 28.4 Å². The van der Waals surface area contributed by atoms with Gasteiger partial charge in [0.2, 0.25) is 0 Å². The van der Waals surface area contributed by atoms with E-state index in [2.05, 4.69) is 135 Å². The van der Waals surface area contributed by atoms with Crippen LogP contribution >= 0.6 is 0 Å². The van der Waals surface area contributed by atoms with Crippen LogP contribution in [0.15, 0.2) is 122 Å². The molecule has 0 spiro atoms. The number of hydrogen-bond acceptors (Lipinski definition) is 14. The molecule has 11 unspecified atom stereocenters. The van der Waals surface area contributed by atoms with Crippen molar-refractivity contribution in [1.82, 2.24) is 0 Å². The molecule has 2 aliphatic heterocycles. The normalized spacial score (nSPS) is 25.2. The number of aliphatic hydroxyl groups excluding tert-OH is 7. The van der Waals surface area contributed by atoms with Gasteiger partial charge in [-0.2, -0.15) is 0 Å². The lowest BCUT2D eigenvalue weighted by Crippen LogP contribution is -2.61. The van der Waals surface area contributed by atoms with Crippen molar-refractivity contribution in [1.29, 1.82) is 0 Å². The predicted octanol–water partition coefficient (Wildman–Crippen LogP) is 10.5. The highest BCUT2D eigenvalue weighted by Crippen LogP contribution is 2.26. The molecule has 0 amide bonds. The van der Waals surface area contributed by atoms with Gasteiger partial charge in [0.15, 0.2) is 12.6 Å². The van der Waals surface area contributed by atoms with Crippen molar-refractivity contribution in [3.63, 3.8) is 0 Å². The van der Waals surface area contributed by atoms with Gasteiger partial charge in [-0.25, -0.2) is 0 Å². The van der Waals surface area contributed by atoms with E-state index < -0.39 is 86.7 Å². The molecule has 0 aromatic heterocycles. The van der Waals surface area contributed by atoms with E-state index in [-0.39, 0.29) is 19.6 Å². The van der Waals surface area contributed by atoms with Crippen molar-refractivity contribution in [2.24, 2.45) is 0 Å². The van der Waals surface area contributed by atoms with E-state index in [0.29, 0.717) is 13.0 Å². The zero-order valence-corrected chi connectivity index (χ0v) is 46.9. The molecule has 0 bridgehead atoms. The van der Waals surface area contributed by atoms with Crippen molar-refractivity contribution < 1.29 is 69.0 Å². The fraction of sp³-hybridized carbons (Fsp3) is 0.667. The number of unbranched alkanes of at least 4 members (excludes halogenated alkanes) is 11. The summed E-state index contributed by atoms with van der Waals surface area (Å²) in [5.41, 5.74) is 0. The van der Waals surface area contributed by atoms with Crippen LogP contribution in [0.25, 0.3) is 0 Å². The van der Waals surface area contributed by atoms with Crippen LogP contribution in [0.5, 0.6) is 0 Å². The largest absolute Gasteiger partial charge is 0.457 e. The van der Waals surface area contributed by atoms with Gasteiger partial charge in [-0.15, -0.1) is 0 Å². The molecule has 0 aromatic rings. The zero-order chi connectivity index (χ0) is 55.8. The molecule has 2 fully saturated rings. The van der Waals surface area contributed by atoms with E-state index in [1.54, 1.807) is 0 Å². The van der Waals surface area contributed by atoms with E-state index in [9.17, 15) is 40.5 Å². The van der Waals surface area contributed by atoms with Gasteiger partial charge in [0.05, 0.1) is 26.4 Å². The minimum atomic E-state index is -1.72. The van der Waals surface area contributed by atoms with Crippen molar-refractivity contribution in [2.75, 3.05) is 33.0 Å². The summed E-state index contributed by atoms with van der Waals surface area (Å²) in [5, 5.41) is 72.4. The molecule has 0 aromatic carbocycles. The Morgan fingerprint density at radius 3 is 1.26 bits per heavy atom. The molecule has 14 heteroatoms. The minimum absolute atomic E-state index is 0.0346. The molecule has 0 aliphatic carbocycles. The molecule has 14 nitrogen and oxygen atoms in total. The summed E-state index contributed by atoms with van der Waals surface area (Å²) in [6.07, 6.45) is 51.1. The molecule has 2 rings (SSSR count). The monoisotopic (exact) mass is 1080 g/mol. The van der Waals surface area contributed by atoms with Gasteiger partial charge < -0.3 is 64.2 Å². The summed E-state index contributed by atoms with van der Waals surface area (Å²) in [4.78, 5) is 13.1. The van der Waals surface area contributed by atoms with Crippen molar-refractivity contribution >= 4 is 5.97 Å². The second kappa shape index (κ2) is 48.3. The number of carbonyl (C=O) groups excluding carboxylic acids is 1. The van der Waals surface area contributed by atoms with Gasteiger partial charge >= 0.3 is 5.97 Å². The Morgan fingerprint density at radius 2 is 0.805 bits per heavy atom. The van der Waals surface area contributed by atoms with Crippen LogP contribution in [-0.4, -0.2) is 142 Å². The van der Waals surface area contributed by atoms with Gasteiger partial charge in [-0.1, -0.05) is 180 Å². The number of esters is 1. The first kappa shape index (κ1) is 69.5. The maximum Gasteiger partial charge on any atom is 0.306 e. The van der Waals surface area contributed by atoms with Gasteiger partial charge in [-0.05, 0) is 103 Å². The summed E-state index contributed by atoms with van der Waals surface area (Å²) in [7, 11) is 0. The van der Waals surface area contributed by atoms with Gasteiger partial charge in [0.1, 0.15) is 54.9 Å². The Morgan fingerprint density at radius 1 is 0.429 bits per heavy atom. The molecule has 7 N–H and O–H groups in total. The number of carbonyl (C=O) groups is 1. The van der Waals surface area contributed by atoms with Crippen molar-refractivity contribution in [3.8, 4) is 0 Å². The lowest BCUT2D eigenvalue weighted by atomic mass is 9.98. The van der Waals surface area contributed by atoms with Crippen LogP contribution in [0.3, 0.4) is 0 Å². The molecule has 0 saturated carbocycles. The second-order valence-electron chi connectivity index (χ2n) is 19.7. The first-order chi connectivity index (χ1) is 37.6. The molecular formula is C63H102O14. The maximum absolute atomic E-state index is 13.1. The van der Waals surface area contributed by atoms with Gasteiger partial charge in [0.25, 0.3) is 0 Å². The molecule has 0 radical (unpaired) electrons. The average molecular weight is 1080 g/mol. The SMILES string of the molecule is CC/C=C\C/C=C\C/C=C\C/C=C\C/C=C\C/C=C\CCCCCCCCCOCC(COC1OC(COC2OC(CO)C(O)C(O)C2O)C(O)C(O)C1O)OC(=O)CCCCCC/C=C\C/C=C\C/C=C\C/C=C\CC. The number of ether oxygens (including phenoxy) is 6. The van der Waals surface area contributed by atoms with Crippen LogP contribution in [-0.2, 0) is 33.2 Å². The maximum atomic E-state index is 13.1. The van der Waals surface area contributed by atoms with Gasteiger partial charge in [0, 0.05) is 13.0 Å². The topological polar surface area (TPSA) is 214 Å². The quantitative estimate of drug-likeness (QED) is 0.0172. The van der Waals surface area contributed by atoms with Crippen molar-refractivity contribution in [2.45, 2.75) is 235 Å². The van der Waals surface area contributed by atoms with Crippen LogP contribution in [0.1, 0.15) is 168 Å². The second-order valence-corrected chi connectivity index (χ2v) is 19.7. The first-order valence-corrected chi connectivity index (χ1v) is 29.1. The molecule has 438 valence electrons. The Hall–Kier alpha value is -3.61. The number of aliphatic hydroxyl groups is 7. The molecule has 11 atom stereocenters. The van der Waals surface area contributed by atoms with Crippen LogP contribution < -0.4 is 0 Å². The third kappa shape index (κ3) is 34.9. The zero-order valence-electron chi connectivity index (χ0n) is 46.9. The first-order valence-electron chi connectivity index (χ1n) is 29.1. The van der Waals surface area contributed by atoms with E-state index in [1.807, 2.05) is 0 Å². The molecule has 2 saturated heterocycles. The summed E-state index contributed by atoms with van der Waals surface area (Å²) < 4.78 is 34.3. The Bertz CT molecular complexity index is 1730. The lowest BCUT2D eigenvalue weighted by Gasteiger charge is -2.42. The highest BCUT2D eigenvalue weighted by Gasteiger charge is 2.47. The number of allylic oxidation sites excluding steroid dienone is 20. The standard InChI is InChI=1S/C63H102O14/c1-3-5-7-9-11-13-15-17-19-21-22-23-24-25-26-27-28-29-31-33-35-37-39-41-43-45-47-72-49-52(75-55(65)46-44-42-40-38-36-34-32-30-20-18-16-14-12-10-8-6-4-2)50-73-62-61(71)59(69)57(67)54(77-62)51-74-63-60(70)58(68)56(66)53(48-64)76-63/h5-8,11-14,17-20,22-23,25-26,28-29,32,34,52-54,56-64,66-71H,3-4,9-10,15-16,21,24,27,30-31,33,35-51H2,1-2H3/b7-5-,8-6-,13-11-,14-12-,19-17-,20-18-,23-22-,26-25-,29-28-,34-32-. The predicted molar refractivity (Wildman–Crippen MR) is 307 cm³/mol. The lowest BCUT2D eigenvalue weighted by molar-refractivity contribution is -0.332. The third-order valence-corrected chi connectivity index (χ3v) is 13.0. The Balaban J connectivity index is 1.73. The highest BCUT2D eigenvalue weighted by atomic mass is 16.7. The average Bonchev–Trinajstić information content (AvgIpc) is 3.43. The third-order valence-electron chi connectivity index (χ3n) is 13.0. The van der Waals surface area contributed by atoms with Crippen LogP contribution in [0.2, 0.25) is 0 Å². The fourth-order valence-electron chi connectivity index (χ4n) is 8.34. The van der Waals surface area contributed by atoms with Gasteiger partial charge in [-0.3, -0.25) is 4.79 Å². The molecule has 2 aliphatic rings. The smallest absolute Gasteiger partial charge is 0.306 e. The summed E-state index contributed by atoms with van der Waals surface area (Å²) in [5.74, 6) is -0.409. The molecule has 77 heavy (non-hydrogen) atoms. The Labute approximate surface area is 463 Å². The van der Waals surface area contributed by atoms with Crippen LogP contribution in [0, 0.1) is 0 Å². The molecule has 2 heterocycles. The molecular weight excluding hydrogens is 981 g/mol. The number of hydrogen-bond donors (Lipinski definition) is 7. The van der Waals surface area contributed by atoms with Crippen LogP contribution in [0.4, 0.5) is 0 Å². The van der Waals surface area contributed by atoms with E-state index in [1.165, 1.54) is 19.3 Å². The summed E-state index contributed by atoms with van der Waals surface area (Å²) >= 11 is 0. The van der Waals surface area contributed by atoms with E-state index >= 15 is 0 Å². The summed E-state index contributed by atoms with van der Waals surface area (Å²) in [6.45, 7) is 3.37. The van der Waals surface area contributed by atoms with E-state index in [0.717, 1.165) is 122 Å². The fourth-order valence-corrected chi connectivity index (χ4v) is 8.34.